The molecule has 0 aliphatic carbocycles. The van der Waals surface area contributed by atoms with Gasteiger partial charge in [0.05, 0.1) is 14.2 Å². The van der Waals surface area contributed by atoms with Gasteiger partial charge in [-0.25, -0.2) is 0 Å². The fourth-order valence-corrected chi connectivity index (χ4v) is 6.18. The van der Waals surface area contributed by atoms with E-state index in [1.807, 2.05) is 0 Å². The highest BCUT2D eigenvalue weighted by Crippen LogP contribution is 2.43. The number of methoxy groups -OCH3 is 2. The van der Waals surface area contributed by atoms with Crippen molar-refractivity contribution in [3.63, 3.8) is 0 Å². The number of nitrogens with zero attached hydrogens (tertiary/aromatic N) is 2. The van der Waals surface area contributed by atoms with E-state index in [1.165, 1.54) is 58.0 Å². The molecule has 3 aliphatic heterocycles. The first-order chi connectivity index (χ1) is 14.2. The number of ether oxygens (including phenoxy) is 2. The SMILES string of the molecule is COC(=O)CCC[C@@H]1[C@H]2CCCN3CCC[C@H](CN1Cc1ccc(OC)cc1)[C@@H]23. The molecule has 3 fully saturated rings. The Balaban J connectivity index is 1.51. The summed E-state index contributed by atoms with van der Waals surface area (Å²) in [5.41, 5.74) is 1.35. The standard InChI is InChI=1S/C24H36N2O3/c1-28-20-12-10-18(11-13-20)16-26-17-19-6-4-14-25-15-5-7-21(24(19)25)22(26)8-3-9-23(27)29-2/h10-13,19,21-22,24H,3-9,14-17H2,1-2H3/t19-,21-,22-,24+/m1/s1. The molecule has 0 amide bonds. The summed E-state index contributed by atoms with van der Waals surface area (Å²) < 4.78 is 10.2. The van der Waals surface area contributed by atoms with Crippen LogP contribution in [0.5, 0.6) is 5.75 Å². The van der Waals surface area contributed by atoms with E-state index in [2.05, 4.69) is 34.1 Å². The van der Waals surface area contributed by atoms with Gasteiger partial charge in [-0.2, -0.15) is 0 Å². The Morgan fingerprint density at radius 2 is 1.86 bits per heavy atom. The van der Waals surface area contributed by atoms with E-state index in [9.17, 15) is 4.79 Å². The number of carbonyl (C=O) groups excluding carboxylic acids is 1. The van der Waals surface area contributed by atoms with Crippen molar-refractivity contribution in [2.24, 2.45) is 11.8 Å². The van der Waals surface area contributed by atoms with Crippen LogP contribution in [0.1, 0.15) is 50.5 Å². The van der Waals surface area contributed by atoms with Crippen molar-refractivity contribution in [2.45, 2.75) is 63.6 Å². The minimum Gasteiger partial charge on any atom is -0.497 e. The third kappa shape index (κ3) is 4.61. The summed E-state index contributed by atoms with van der Waals surface area (Å²) in [4.78, 5) is 17.2. The summed E-state index contributed by atoms with van der Waals surface area (Å²) in [5.74, 6) is 2.36. The number of benzene rings is 1. The molecule has 1 aromatic rings. The molecule has 0 unspecified atom stereocenters. The van der Waals surface area contributed by atoms with Gasteiger partial charge in [0.1, 0.15) is 5.75 Å². The van der Waals surface area contributed by atoms with E-state index >= 15 is 0 Å². The number of carbonyl (C=O) groups is 1. The van der Waals surface area contributed by atoms with E-state index in [1.54, 1.807) is 7.11 Å². The van der Waals surface area contributed by atoms with Gasteiger partial charge in [0, 0.05) is 31.6 Å². The molecule has 3 heterocycles. The Kier molecular flexibility index (Phi) is 6.76. The third-order valence-corrected chi connectivity index (χ3v) is 7.43. The van der Waals surface area contributed by atoms with Gasteiger partial charge in [0.15, 0.2) is 0 Å². The first-order valence-corrected chi connectivity index (χ1v) is 11.4. The van der Waals surface area contributed by atoms with Crippen LogP contribution in [0.2, 0.25) is 0 Å². The zero-order valence-corrected chi connectivity index (χ0v) is 18.0. The molecule has 5 nitrogen and oxygen atoms in total. The second-order valence-corrected chi connectivity index (χ2v) is 9.05. The Hall–Kier alpha value is -1.59. The van der Waals surface area contributed by atoms with Crippen LogP contribution < -0.4 is 4.74 Å². The zero-order chi connectivity index (χ0) is 20.2. The molecule has 0 aromatic heterocycles. The molecule has 0 saturated carbocycles. The summed E-state index contributed by atoms with van der Waals surface area (Å²) in [6, 6.07) is 9.85. The predicted octanol–water partition coefficient (Wildman–Crippen LogP) is 3.71. The Morgan fingerprint density at radius 1 is 1.10 bits per heavy atom. The van der Waals surface area contributed by atoms with E-state index in [4.69, 9.17) is 9.47 Å². The maximum absolute atomic E-state index is 11.7. The normalized spacial score (nSPS) is 29.9. The molecule has 29 heavy (non-hydrogen) atoms. The topological polar surface area (TPSA) is 42.0 Å². The quantitative estimate of drug-likeness (QED) is 0.653. The van der Waals surface area contributed by atoms with Crippen LogP contribution in [-0.2, 0) is 16.1 Å². The minimum absolute atomic E-state index is 0.0803. The van der Waals surface area contributed by atoms with Crippen molar-refractivity contribution >= 4 is 5.97 Å². The van der Waals surface area contributed by atoms with Gasteiger partial charge in [-0.15, -0.1) is 0 Å². The third-order valence-electron chi connectivity index (χ3n) is 7.43. The number of hydrogen-bond acceptors (Lipinski definition) is 5. The molecule has 1 aromatic carbocycles. The van der Waals surface area contributed by atoms with Gasteiger partial charge in [-0.05, 0) is 81.1 Å². The summed E-state index contributed by atoms with van der Waals surface area (Å²) in [6.45, 7) is 4.75. The zero-order valence-electron chi connectivity index (χ0n) is 18.0. The monoisotopic (exact) mass is 400 g/mol. The van der Waals surface area contributed by atoms with Crippen molar-refractivity contribution in [1.82, 2.24) is 9.80 Å². The lowest BCUT2D eigenvalue weighted by atomic mass is 9.69. The lowest BCUT2D eigenvalue weighted by molar-refractivity contribution is -0.141. The molecular formula is C24H36N2O3. The van der Waals surface area contributed by atoms with Crippen molar-refractivity contribution in [2.75, 3.05) is 33.9 Å². The molecular weight excluding hydrogens is 364 g/mol. The molecule has 4 rings (SSSR count). The summed E-state index contributed by atoms with van der Waals surface area (Å²) in [5, 5.41) is 0. The van der Waals surface area contributed by atoms with Gasteiger partial charge in [0.2, 0.25) is 0 Å². The Morgan fingerprint density at radius 3 is 2.59 bits per heavy atom. The van der Waals surface area contributed by atoms with Crippen LogP contribution >= 0.6 is 0 Å². The number of hydrogen-bond donors (Lipinski definition) is 0. The van der Waals surface area contributed by atoms with Crippen LogP contribution in [0.4, 0.5) is 0 Å². The second kappa shape index (κ2) is 9.48. The largest absolute Gasteiger partial charge is 0.497 e. The molecule has 0 radical (unpaired) electrons. The number of piperidine rings is 3. The first kappa shape index (κ1) is 20.7. The van der Waals surface area contributed by atoms with Gasteiger partial charge >= 0.3 is 5.97 Å². The van der Waals surface area contributed by atoms with Gasteiger partial charge in [0.25, 0.3) is 0 Å². The summed E-state index contributed by atoms with van der Waals surface area (Å²) in [6.07, 6.45) is 7.91. The highest BCUT2D eigenvalue weighted by molar-refractivity contribution is 5.69. The van der Waals surface area contributed by atoms with Crippen LogP contribution in [-0.4, -0.2) is 61.7 Å². The lowest BCUT2D eigenvalue weighted by Gasteiger charge is -2.57. The molecule has 3 aliphatic rings. The van der Waals surface area contributed by atoms with Crippen molar-refractivity contribution < 1.29 is 14.3 Å². The van der Waals surface area contributed by atoms with Gasteiger partial charge in [-0.3, -0.25) is 14.6 Å². The lowest BCUT2D eigenvalue weighted by Crippen LogP contribution is -2.64. The van der Waals surface area contributed by atoms with Crippen LogP contribution in [0, 0.1) is 11.8 Å². The number of esters is 1. The average molecular weight is 401 g/mol. The molecule has 0 bridgehead atoms. The smallest absolute Gasteiger partial charge is 0.305 e. The van der Waals surface area contributed by atoms with E-state index in [0.717, 1.165) is 43.0 Å². The maximum Gasteiger partial charge on any atom is 0.305 e. The highest BCUT2D eigenvalue weighted by atomic mass is 16.5. The first-order valence-electron chi connectivity index (χ1n) is 11.4. The number of likely N-dealkylation sites (tertiary alicyclic amines) is 1. The summed E-state index contributed by atoms with van der Waals surface area (Å²) >= 11 is 0. The average Bonchev–Trinajstić information content (AvgIpc) is 2.76. The van der Waals surface area contributed by atoms with Gasteiger partial charge < -0.3 is 9.47 Å². The van der Waals surface area contributed by atoms with E-state index in [-0.39, 0.29) is 5.97 Å². The van der Waals surface area contributed by atoms with Crippen molar-refractivity contribution in [1.29, 1.82) is 0 Å². The van der Waals surface area contributed by atoms with Crippen LogP contribution in [0.25, 0.3) is 0 Å². The van der Waals surface area contributed by atoms with Crippen molar-refractivity contribution in [3.05, 3.63) is 29.8 Å². The van der Waals surface area contributed by atoms with Gasteiger partial charge in [-0.1, -0.05) is 12.1 Å². The molecule has 5 heteroatoms. The number of rotatable bonds is 7. The fourth-order valence-electron chi connectivity index (χ4n) is 6.18. The van der Waals surface area contributed by atoms with E-state index < -0.39 is 0 Å². The minimum atomic E-state index is -0.0803. The Bertz CT molecular complexity index is 675. The molecule has 0 N–H and O–H groups in total. The maximum atomic E-state index is 11.7. The predicted molar refractivity (Wildman–Crippen MR) is 114 cm³/mol. The molecule has 160 valence electrons. The molecule has 3 saturated heterocycles. The van der Waals surface area contributed by atoms with E-state index in [0.29, 0.717) is 12.5 Å². The van der Waals surface area contributed by atoms with Crippen LogP contribution in [0.3, 0.4) is 0 Å². The fraction of sp³-hybridized carbons (Fsp3) is 0.708. The highest BCUT2D eigenvalue weighted by Gasteiger charge is 2.48. The van der Waals surface area contributed by atoms with Crippen molar-refractivity contribution in [3.8, 4) is 5.75 Å². The molecule has 0 spiro atoms. The Labute approximate surface area is 175 Å². The summed E-state index contributed by atoms with van der Waals surface area (Å²) in [7, 11) is 3.21. The molecule has 4 atom stereocenters. The van der Waals surface area contributed by atoms with Crippen LogP contribution in [0.15, 0.2) is 24.3 Å². The second-order valence-electron chi connectivity index (χ2n) is 9.05.